The number of amides is 3. The van der Waals surface area contributed by atoms with E-state index in [9.17, 15) is 42.2 Å². The van der Waals surface area contributed by atoms with Gasteiger partial charge in [-0.1, -0.05) is 49.4 Å². The summed E-state index contributed by atoms with van der Waals surface area (Å²) in [5.74, 6) is -1.85. The lowest BCUT2D eigenvalue weighted by Crippen LogP contribution is -2.33. The summed E-state index contributed by atoms with van der Waals surface area (Å²) >= 11 is 0.788. The molecule has 0 spiro atoms. The summed E-state index contributed by atoms with van der Waals surface area (Å²) in [6.07, 6.45) is -4.73. The van der Waals surface area contributed by atoms with Crippen LogP contribution in [0.5, 0.6) is 0 Å². The number of aliphatic imine (C=N–C) groups is 1. The number of imidazole rings is 1. The maximum absolute atomic E-state index is 15.0. The van der Waals surface area contributed by atoms with Crippen molar-refractivity contribution in [2.75, 3.05) is 23.1 Å². The SMILES string of the molecule is COC(c1ccc(C)cc1N1C(=O)CSC1=NC(=O)Nc1ccc(-c2cn(-c3ccc(S(F)(F)(F)(F)F)cc3)cn2)cc1F)C(F)(F)F. The third-order valence-corrected chi connectivity index (χ3v) is 8.96. The zero-order valence-electron chi connectivity index (χ0n) is 24.4. The Morgan fingerprint density at radius 2 is 1.73 bits per heavy atom. The lowest BCUT2D eigenvalue weighted by atomic mass is 10.0. The largest absolute Gasteiger partial charge is 0.418 e. The van der Waals surface area contributed by atoms with Gasteiger partial charge in [-0.05, 0) is 55.0 Å². The molecule has 19 heteroatoms. The standard InChI is InChI=1S/C29H22F9N5O3S2/c1-16-3-9-20(26(46-2)29(31,32)33)24(11-16)43-25(44)14-47-28(43)41-27(45)40-22-10-4-17(12-21(22)30)23-13-42(15-39-23)18-5-7-19(8-6-18)48(34,35,36,37)38/h3-13,15,26H,14H2,1-2H3,(H,40,45). The highest BCUT2D eigenvalue weighted by Gasteiger charge is 2.65. The van der Waals surface area contributed by atoms with Crippen LogP contribution >= 0.6 is 22.0 Å². The summed E-state index contributed by atoms with van der Waals surface area (Å²) < 4.78 is 127. The van der Waals surface area contributed by atoms with Gasteiger partial charge in [0.1, 0.15) is 10.7 Å². The number of carbonyl (C=O) groups is 2. The predicted molar refractivity (Wildman–Crippen MR) is 164 cm³/mol. The summed E-state index contributed by atoms with van der Waals surface area (Å²) in [5, 5.41) is 1.96. The Hall–Kier alpha value is -4.49. The van der Waals surface area contributed by atoms with E-state index in [2.05, 4.69) is 20.0 Å². The number of nitrogens with zero attached hydrogens (tertiary/aromatic N) is 4. The Morgan fingerprint density at radius 3 is 2.33 bits per heavy atom. The van der Waals surface area contributed by atoms with E-state index in [0.29, 0.717) is 5.56 Å². The third kappa shape index (κ3) is 7.47. The smallest absolute Gasteiger partial charge is 0.367 e. The number of alkyl halides is 3. The molecule has 1 fully saturated rings. The maximum Gasteiger partial charge on any atom is 0.418 e. The average molecular weight is 724 g/mol. The van der Waals surface area contributed by atoms with Gasteiger partial charge in [0.15, 0.2) is 11.3 Å². The molecule has 2 heterocycles. The number of halogens is 9. The van der Waals surface area contributed by atoms with Gasteiger partial charge in [-0.15, -0.1) is 0 Å². The quantitative estimate of drug-likeness (QED) is 0.192. The van der Waals surface area contributed by atoms with Crippen LogP contribution in [0.25, 0.3) is 16.9 Å². The van der Waals surface area contributed by atoms with Crippen molar-refractivity contribution < 1.29 is 51.3 Å². The van der Waals surface area contributed by atoms with Crippen molar-refractivity contribution in [2.24, 2.45) is 4.99 Å². The van der Waals surface area contributed by atoms with Crippen LogP contribution in [-0.2, 0) is 9.53 Å². The molecule has 0 radical (unpaired) electrons. The molecule has 1 atom stereocenters. The number of aromatic nitrogens is 2. The van der Waals surface area contributed by atoms with E-state index in [1.807, 2.05) is 0 Å². The second kappa shape index (κ2) is 11.6. The van der Waals surface area contributed by atoms with E-state index >= 15 is 4.39 Å². The Bertz CT molecular complexity index is 1950. The molecule has 4 aromatic rings. The van der Waals surface area contributed by atoms with Crippen molar-refractivity contribution in [3.8, 4) is 16.9 Å². The molecular weight excluding hydrogens is 701 g/mol. The highest BCUT2D eigenvalue weighted by molar-refractivity contribution is 8.45. The third-order valence-electron chi connectivity index (χ3n) is 6.87. The predicted octanol–water partition coefficient (Wildman–Crippen LogP) is 9.56. The zero-order chi connectivity index (χ0) is 35.3. The van der Waals surface area contributed by atoms with Crippen molar-refractivity contribution in [2.45, 2.75) is 24.1 Å². The minimum Gasteiger partial charge on any atom is -0.367 e. The highest BCUT2D eigenvalue weighted by atomic mass is 32.5. The first-order valence-corrected chi connectivity index (χ1v) is 16.3. The number of aryl methyl sites for hydroxylation is 1. The topological polar surface area (TPSA) is 88.8 Å². The molecule has 5 rings (SSSR count). The molecule has 1 aromatic heterocycles. The number of rotatable bonds is 7. The molecule has 8 nitrogen and oxygen atoms in total. The van der Waals surface area contributed by atoms with Crippen molar-refractivity contribution in [3.63, 3.8) is 0 Å². The lowest BCUT2D eigenvalue weighted by molar-refractivity contribution is -0.215. The van der Waals surface area contributed by atoms with E-state index in [4.69, 9.17) is 0 Å². The number of hydrogen-bond donors (Lipinski definition) is 1. The first-order valence-electron chi connectivity index (χ1n) is 13.4. The van der Waals surface area contributed by atoms with Gasteiger partial charge in [-0.2, -0.15) is 18.2 Å². The van der Waals surface area contributed by atoms with Crippen LogP contribution in [0.2, 0.25) is 0 Å². The van der Waals surface area contributed by atoms with E-state index < -0.39 is 45.2 Å². The molecule has 0 saturated carbocycles. The normalized spacial score (nSPS) is 16.9. The molecule has 3 aromatic carbocycles. The van der Waals surface area contributed by atoms with E-state index in [-0.39, 0.29) is 56.9 Å². The fourth-order valence-corrected chi connectivity index (χ4v) is 6.19. The molecule has 3 amide bonds. The maximum atomic E-state index is 15.0. The van der Waals surface area contributed by atoms with Gasteiger partial charge in [-0.3, -0.25) is 9.69 Å². The number of methoxy groups -OCH3 is 1. The lowest BCUT2D eigenvalue weighted by Gasteiger charge is -2.40. The van der Waals surface area contributed by atoms with Crippen LogP contribution in [0, 0.1) is 12.7 Å². The molecule has 1 unspecified atom stereocenters. The highest BCUT2D eigenvalue weighted by Crippen LogP contribution is 3.02. The van der Waals surface area contributed by atoms with Crippen LogP contribution in [0.15, 0.2) is 83.1 Å². The van der Waals surface area contributed by atoms with Gasteiger partial charge in [0.05, 0.1) is 29.1 Å². The number of hydrogen-bond acceptors (Lipinski definition) is 5. The fraction of sp³-hybridized carbons (Fsp3) is 0.172. The molecule has 48 heavy (non-hydrogen) atoms. The molecule has 0 bridgehead atoms. The second-order valence-corrected chi connectivity index (χ2v) is 13.7. The number of nitrogens with one attached hydrogen (secondary N) is 1. The van der Waals surface area contributed by atoms with Crippen LogP contribution in [0.1, 0.15) is 17.2 Å². The summed E-state index contributed by atoms with van der Waals surface area (Å²) in [7, 11) is -8.99. The number of amidine groups is 1. The Labute approximate surface area is 270 Å². The van der Waals surface area contributed by atoms with Crippen molar-refractivity contribution in [3.05, 3.63) is 90.1 Å². The Morgan fingerprint density at radius 1 is 1.04 bits per heavy atom. The van der Waals surface area contributed by atoms with Gasteiger partial charge in [0.25, 0.3) is 0 Å². The summed E-state index contributed by atoms with van der Waals surface area (Å²) in [6, 6.07) is 8.36. The zero-order valence-corrected chi connectivity index (χ0v) is 26.1. The number of benzene rings is 3. The van der Waals surface area contributed by atoms with Crippen molar-refractivity contribution >= 4 is 50.5 Å². The van der Waals surface area contributed by atoms with Gasteiger partial charge in [-0.25, -0.2) is 14.2 Å². The van der Waals surface area contributed by atoms with Crippen molar-refractivity contribution in [1.29, 1.82) is 0 Å². The van der Waals surface area contributed by atoms with Crippen LogP contribution in [0.4, 0.5) is 53.2 Å². The minimum absolute atomic E-state index is 0.0639. The second-order valence-electron chi connectivity index (χ2n) is 10.4. The van der Waals surface area contributed by atoms with Gasteiger partial charge in [0, 0.05) is 30.1 Å². The molecule has 1 N–H and O–H groups in total. The molecule has 1 aliphatic heterocycles. The average Bonchev–Trinajstić information content (AvgIpc) is 3.60. The molecule has 0 aliphatic carbocycles. The number of carbonyl (C=O) groups excluding carboxylic acids is 2. The number of ether oxygens (including phenoxy) is 1. The summed E-state index contributed by atoms with van der Waals surface area (Å²) in [6.45, 7) is 1.59. The minimum atomic E-state index is -9.86. The molecule has 256 valence electrons. The monoisotopic (exact) mass is 723 g/mol. The van der Waals surface area contributed by atoms with E-state index in [1.54, 1.807) is 6.92 Å². The van der Waals surface area contributed by atoms with Crippen molar-refractivity contribution in [1.82, 2.24) is 9.55 Å². The van der Waals surface area contributed by atoms with Gasteiger partial charge >= 0.3 is 22.4 Å². The van der Waals surface area contributed by atoms with Crippen LogP contribution in [-0.4, -0.2) is 45.7 Å². The molecule has 1 saturated heterocycles. The van der Waals surface area contributed by atoms with Crippen LogP contribution in [0.3, 0.4) is 0 Å². The van der Waals surface area contributed by atoms with E-state index in [1.165, 1.54) is 35.3 Å². The molecule has 1 aliphatic rings. The fourth-order valence-electron chi connectivity index (χ4n) is 4.68. The number of thioether (sulfide) groups is 1. The molecular formula is C29H22F9N5O3S2. The van der Waals surface area contributed by atoms with Crippen LogP contribution < -0.4 is 10.2 Å². The first-order chi connectivity index (χ1) is 22.1. The number of anilines is 2. The van der Waals surface area contributed by atoms with Gasteiger partial charge in [0.2, 0.25) is 5.91 Å². The number of urea groups is 1. The first kappa shape index (κ1) is 34.8. The van der Waals surface area contributed by atoms with E-state index in [0.717, 1.165) is 54.1 Å². The Kier molecular flexibility index (Phi) is 8.41. The summed E-state index contributed by atoms with van der Waals surface area (Å²) in [4.78, 5) is 32.2. The Balaban J connectivity index is 1.35. The van der Waals surface area contributed by atoms with Gasteiger partial charge < -0.3 is 14.6 Å². The summed E-state index contributed by atoms with van der Waals surface area (Å²) in [5.41, 5.74) is -0.0387.